The summed E-state index contributed by atoms with van der Waals surface area (Å²) in [5.41, 5.74) is 8.92. The van der Waals surface area contributed by atoms with E-state index in [0.717, 1.165) is 29.7 Å². The second kappa shape index (κ2) is 3.89. The number of hydrogen-bond donors (Lipinski definition) is 2. The van der Waals surface area contributed by atoms with Gasteiger partial charge in [0.25, 0.3) is 5.56 Å². The van der Waals surface area contributed by atoms with Crippen molar-refractivity contribution in [2.75, 3.05) is 0 Å². The van der Waals surface area contributed by atoms with Gasteiger partial charge in [-0.05, 0) is 18.4 Å². The van der Waals surface area contributed by atoms with Crippen molar-refractivity contribution < 1.29 is 0 Å². The van der Waals surface area contributed by atoms with Gasteiger partial charge in [-0.25, -0.2) is 4.68 Å². The molecular weight excluding hydrogens is 214 g/mol. The largest absolute Gasteiger partial charge is 0.323 e. The lowest BCUT2D eigenvalue weighted by molar-refractivity contribution is 0.605. The summed E-state index contributed by atoms with van der Waals surface area (Å²) >= 11 is 0. The summed E-state index contributed by atoms with van der Waals surface area (Å²) in [5.74, 6) is 0. The third-order valence-corrected chi connectivity index (χ3v) is 3.34. The summed E-state index contributed by atoms with van der Waals surface area (Å²) in [5, 5.41) is 3.14. The van der Waals surface area contributed by atoms with Crippen LogP contribution in [0, 0.1) is 0 Å². The van der Waals surface area contributed by atoms with Gasteiger partial charge in [-0.15, -0.1) is 0 Å². The summed E-state index contributed by atoms with van der Waals surface area (Å²) in [7, 11) is 0. The summed E-state index contributed by atoms with van der Waals surface area (Å²) < 4.78 is 1.65. The van der Waals surface area contributed by atoms with Crippen molar-refractivity contribution in [3.8, 4) is 0 Å². The first kappa shape index (κ1) is 10.4. The molecule has 0 spiro atoms. The van der Waals surface area contributed by atoms with Gasteiger partial charge in [0.1, 0.15) is 0 Å². The molecule has 1 aliphatic rings. The maximum atomic E-state index is 12.1. The minimum Gasteiger partial charge on any atom is -0.323 e. The summed E-state index contributed by atoms with van der Waals surface area (Å²) in [4.78, 5) is 12.1. The fourth-order valence-electron chi connectivity index (χ4n) is 2.41. The average molecular weight is 229 g/mol. The molecule has 0 radical (unpaired) electrons. The molecule has 1 aromatic heterocycles. The van der Waals surface area contributed by atoms with Crippen LogP contribution in [0.15, 0.2) is 35.1 Å². The van der Waals surface area contributed by atoms with Crippen LogP contribution >= 0.6 is 0 Å². The first-order valence-electron chi connectivity index (χ1n) is 5.87. The lowest BCUT2D eigenvalue weighted by Crippen LogP contribution is -2.20. The van der Waals surface area contributed by atoms with Gasteiger partial charge >= 0.3 is 0 Å². The predicted octanol–water partition coefficient (Wildman–Crippen LogP) is 1.17. The molecule has 88 valence electrons. The van der Waals surface area contributed by atoms with E-state index in [1.165, 1.54) is 0 Å². The lowest BCUT2D eigenvalue weighted by Gasteiger charge is -2.04. The van der Waals surface area contributed by atoms with Gasteiger partial charge in [-0.1, -0.05) is 30.3 Å². The smallest absolute Gasteiger partial charge is 0.270 e. The van der Waals surface area contributed by atoms with Crippen LogP contribution in [0.25, 0.3) is 0 Å². The maximum Gasteiger partial charge on any atom is 0.270 e. The van der Waals surface area contributed by atoms with Crippen LogP contribution < -0.4 is 11.3 Å². The molecule has 0 fully saturated rings. The number of nitrogens with one attached hydrogen (secondary N) is 1. The van der Waals surface area contributed by atoms with Crippen LogP contribution in [0.1, 0.15) is 29.3 Å². The summed E-state index contributed by atoms with van der Waals surface area (Å²) in [6.45, 7) is 0.583. The Bertz CT molecular complexity index is 582. The Morgan fingerprint density at radius 3 is 2.82 bits per heavy atom. The number of aromatic amines is 1. The molecule has 0 saturated carbocycles. The van der Waals surface area contributed by atoms with Crippen molar-refractivity contribution in [3.05, 3.63) is 57.5 Å². The minimum atomic E-state index is -0.00489. The van der Waals surface area contributed by atoms with E-state index < -0.39 is 0 Å². The normalized spacial score (nSPS) is 18.3. The van der Waals surface area contributed by atoms with Crippen LogP contribution in [0.4, 0.5) is 0 Å². The number of benzene rings is 1. The Kier molecular flexibility index (Phi) is 2.37. The number of fused-ring (bicyclic) bond motifs is 1. The maximum absolute atomic E-state index is 12.1. The molecule has 17 heavy (non-hydrogen) atoms. The molecule has 3 N–H and O–H groups in total. The number of rotatable bonds is 2. The highest BCUT2D eigenvalue weighted by atomic mass is 16.1. The van der Waals surface area contributed by atoms with E-state index in [-0.39, 0.29) is 11.6 Å². The molecule has 0 aliphatic heterocycles. The average Bonchev–Trinajstić information content (AvgIpc) is 2.84. The van der Waals surface area contributed by atoms with Crippen LogP contribution in [0.3, 0.4) is 0 Å². The Balaban J connectivity index is 1.96. The molecule has 0 amide bonds. The number of aromatic nitrogens is 2. The molecule has 1 unspecified atom stereocenters. The molecule has 4 heteroatoms. The second-order valence-electron chi connectivity index (χ2n) is 4.53. The van der Waals surface area contributed by atoms with Gasteiger partial charge in [0, 0.05) is 11.6 Å². The Morgan fingerprint density at radius 1 is 1.35 bits per heavy atom. The molecule has 1 atom stereocenters. The standard InChI is InChI=1S/C13H15N3O/c14-11-7-6-10-12(11)15-16(13(10)17)8-9-4-2-1-3-5-9/h1-5,11,15H,6-8,14H2. The molecule has 0 saturated heterocycles. The molecule has 1 heterocycles. The van der Waals surface area contributed by atoms with Crippen LogP contribution in [0.2, 0.25) is 0 Å². The van der Waals surface area contributed by atoms with Crippen LogP contribution in [-0.4, -0.2) is 9.78 Å². The van der Waals surface area contributed by atoms with E-state index in [1.54, 1.807) is 4.68 Å². The first-order valence-corrected chi connectivity index (χ1v) is 5.87. The van der Waals surface area contributed by atoms with Crippen molar-refractivity contribution >= 4 is 0 Å². The van der Waals surface area contributed by atoms with Gasteiger partial charge in [0.15, 0.2) is 0 Å². The van der Waals surface area contributed by atoms with Crippen LogP contribution in [0.5, 0.6) is 0 Å². The highest BCUT2D eigenvalue weighted by molar-refractivity contribution is 5.26. The van der Waals surface area contributed by atoms with Crippen molar-refractivity contribution in [1.29, 1.82) is 0 Å². The summed E-state index contributed by atoms with van der Waals surface area (Å²) in [6.07, 6.45) is 1.68. The van der Waals surface area contributed by atoms with Crippen molar-refractivity contribution in [2.24, 2.45) is 5.73 Å². The van der Waals surface area contributed by atoms with E-state index >= 15 is 0 Å². The number of H-pyrrole nitrogens is 1. The highest BCUT2D eigenvalue weighted by Crippen LogP contribution is 2.24. The molecule has 1 aromatic carbocycles. The number of nitrogens with two attached hydrogens (primary N) is 1. The number of nitrogens with zero attached hydrogens (tertiary/aromatic N) is 1. The molecule has 0 bridgehead atoms. The van der Waals surface area contributed by atoms with Crippen molar-refractivity contribution in [1.82, 2.24) is 9.78 Å². The quantitative estimate of drug-likeness (QED) is 0.812. The highest BCUT2D eigenvalue weighted by Gasteiger charge is 2.25. The third kappa shape index (κ3) is 1.70. The van der Waals surface area contributed by atoms with E-state index in [9.17, 15) is 4.79 Å². The summed E-state index contributed by atoms with van der Waals surface area (Å²) in [6, 6.07) is 9.94. The van der Waals surface area contributed by atoms with Crippen LogP contribution in [-0.2, 0) is 13.0 Å². The van der Waals surface area contributed by atoms with E-state index in [0.29, 0.717) is 6.54 Å². The van der Waals surface area contributed by atoms with Crippen molar-refractivity contribution in [3.63, 3.8) is 0 Å². The van der Waals surface area contributed by atoms with Gasteiger partial charge in [0.05, 0.1) is 12.2 Å². The topological polar surface area (TPSA) is 63.8 Å². The second-order valence-corrected chi connectivity index (χ2v) is 4.53. The molecule has 2 aromatic rings. The van der Waals surface area contributed by atoms with Gasteiger partial charge in [-0.3, -0.25) is 9.89 Å². The zero-order valence-electron chi connectivity index (χ0n) is 9.52. The molecule has 1 aliphatic carbocycles. The molecule has 3 rings (SSSR count). The van der Waals surface area contributed by atoms with E-state index in [4.69, 9.17) is 5.73 Å². The minimum absolute atomic E-state index is 0.00489. The van der Waals surface area contributed by atoms with E-state index in [2.05, 4.69) is 5.10 Å². The first-order chi connectivity index (χ1) is 8.25. The number of hydrogen-bond acceptors (Lipinski definition) is 2. The fourth-order valence-corrected chi connectivity index (χ4v) is 2.41. The SMILES string of the molecule is NC1CCc2c1[nH]n(Cc1ccccc1)c2=O. The predicted molar refractivity (Wildman–Crippen MR) is 65.8 cm³/mol. The lowest BCUT2D eigenvalue weighted by atomic mass is 10.2. The van der Waals surface area contributed by atoms with Gasteiger partial charge in [0.2, 0.25) is 0 Å². The van der Waals surface area contributed by atoms with Gasteiger partial charge < -0.3 is 5.73 Å². The zero-order chi connectivity index (χ0) is 11.8. The molecule has 4 nitrogen and oxygen atoms in total. The van der Waals surface area contributed by atoms with Gasteiger partial charge in [-0.2, -0.15) is 0 Å². The zero-order valence-corrected chi connectivity index (χ0v) is 9.52. The fraction of sp³-hybridized carbons (Fsp3) is 0.308. The Hall–Kier alpha value is -1.81. The van der Waals surface area contributed by atoms with E-state index in [1.807, 2.05) is 30.3 Å². The third-order valence-electron chi connectivity index (χ3n) is 3.34. The Labute approximate surface area is 99.1 Å². The molecular formula is C13H15N3O. The van der Waals surface area contributed by atoms with Crippen molar-refractivity contribution in [2.45, 2.75) is 25.4 Å². The monoisotopic (exact) mass is 229 g/mol. The Morgan fingerprint density at radius 2 is 2.12 bits per heavy atom.